The first-order valence-corrected chi connectivity index (χ1v) is 10.7. The molecule has 1 aromatic carbocycles. The van der Waals surface area contributed by atoms with E-state index in [-0.39, 0.29) is 12.5 Å². The molecule has 1 aromatic heterocycles. The minimum Gasteiger partial charge on any atom is -0.408 e. The van der Waals surface area contributed by atoms with E-state index in [0.717, 1.165) is 16.0 Å². The maximum atomic E-state index is 11.8. The Balaban J connectivity index is 2.10. The lowest BCUT2D eigenvalue weighted by atomic mass is 10.3. The van der Waals surface area contributed by atoms with E-state index in [4.69, 9.17) is 9.15 Å². The van der Waals surface area contributed by atoms with Gasteiger partial charge in [-0.3, -0.25) is 0 Å². The molecular weight excluding hydrogens is 326 g/mol. The Morgan fingerprint density at radius 1 is 1.37 bits per heavy atom. The van der Waals surface area contributed by atoms with Crippen molar-refractivity contribution in [2.75, 3.05) is 6.61 Å². The molecule has 0 fully saturated rings. The van der Waals surface area contributed by atoms with Crippen LogP contribution in [0.5, 0.6) is 0 Å². The summed E-state index contributed by atoms with van der Waals surface area (Å²) in [6.07, 6.45) is 0. The lowest BCUT2D eigenvalue weighted by Gasteiger charge is -2.15. The number of hydrogen-bond acceptors (Lipinski definition) is 3. The third-order valence-electron chi connectivity index (χ3n) is 2.85. The summed E-state index contributed by atoms with van der Waals surface area (Å²) in [5, 5.41) is 0. The normalized spacial score (nSPS) is 12.2. The Hall–Kier alpha value is -0.853. The fraction of sp³-hybridized carbons (Fsp3) is 0.462. The largest absolute Gasteiger partial charge is 0.421 e. The Bertz CT molecular complexity index is 627. The molecule has 0 radical (unpaired) electrons. The number of hydrogen-bond donors (Lipinski definition) is 0. The number of ether oxygens (including phenoxy) is 1. The summed E-state index contributed by atoms with van der Waals surface area (Å²) in [6.45, 7) is 7.82. The smallest absolute Gasteiger partial charge is 0.408 e. The molecule has 2 rings (SSSR count). The van der Waals surface area contributed by atoms with E-state index in [0.29, 0.717) is 12.2 Å². The average molecular weight is 344 g/mol. The van der Waals surface area contributed by atoms with Crippen LogP contribution in [0.2, 0.25) is 25.7 Å². The highest BCUT2D eigenvalue weighted by Crippen LogP contribution is 2.19. The van der Waals surface area contributed by atoms with Crippen LogP contribution < -0.4 is 5.76 Å². The Morgan fingerprint density at radius 3 is 2.79 bits per heavy atom. The molecule has 104 valence electrons. The van der Waals surface area contributed by atoms with Gasteiger partial charge in [-0.1, -0.05) is 35.6 Å². The number of aromatic nitrogens is 1. The first-order valence-electron chi connectivity index (χ1n) is 6.23. The predicted molar refractivity (Wildman–Crippen MR) is 82.3 cm³/mol. The molecule has 6 heteroatoms. The van der Waals surface area contributed by atoms with Crippen LogP contribution in [0, 0.1) is 0 Å². The van der Waals surface area contributed by atoms with Crippen LogP contribution in [-0.4, -0.2) is 19.2 Å². The van der Waals surface area contributed by atoms with E-state index in [1.165, 1.54) is 4.57 Å². The van der Waals surface area contributed by atoms with Crippen LogP contribution in [0.1, 0.15) is 0 Å². The van der Waals surface area contributed by atoms with Crippen molar-refractivity contribution in [1.82, 2.24) is 4.57 Å². The summed E-state index contributed by atoms with van der Waals surface area (Å²) in [4.78, 5) is 11.8. The summed E-state index contributed by atoms with van der Waals surface area (Å²) >= 11 is 3.39. The second kappa shape index (κ2) is 5.64. The first kappa shape index (κ1) is 14.6. The summed E-state index contributed by atoms with van der Waals surface area (Å²) in [5.41, 5.74) is 1.34. The highest BCUT2D eigenvalue weighted by Gasteiger charge is 2.13. The molecule has 0 spiro atoms. The zero-order valence-electron chi connectivity index (χ0n) is 11.4. The third-order valence-corrected chi connectivity index (χ3v) is 5.04. The molecule has 0 amide bonds. The molecule has 0 atom stereocenters. The van der Waals surface area contributed by atoms with Gasteiger partial charge in [0.05, 0.1) is 5.52 Å². The quantitative estimate of drug-likeness (QED) is 0.614. The van der Waals surface area contributed by atoms with Crippen LogP contribution >= 0.6 is 15.9 Å². The van der Waals surface area contributed by atoms with Crippen LogP contribution in [0.3, 0.4) is 0 Å². The van der Waals surface area contributed by atoms with Crippen molar-refractivity contribution < 1.29 is 9.15 Å². The van der Waals surface area contributed by atoms with Crippen molar-refractivity contribution in [3.8, 4) is 0 Å². The lowest BCUT2D eigenvalue weighted by molar-refractivity contribution is 0.0850. The highest BCUT2D eigenvalue weighted by atomic mass is 79.9. The van der Waals surface area contributed by atoms with Gasteiger partial charge in [-0.05, 0) is 24.2 Å². The molecule has 0 bridgehead atoms. The van der Waals surface area contributed by atoms with Crippen molar-refractivity contribution in [3.63, 3.8) is 0 Å². The van der Waals surface area contributed by atoms with Gasteiger partial charge in [-0.2, -0.15) is 0 Å². The summed E-state index contributed by atoms with van der Waals surface area (Å²) < 4.78 is 13.2. The minimum atomic E-state index is -1.10. The van der Waals surface area contributed by atoms with Gasteiger partial charge in [-0.15, -0.1) is 0 Å². The molecule has 0 aliphatic heterocycles. The van der Waals surface area contributed by atoms with E-state index in [1.807, 2.05) is 12.1 Å². The maximum Gasteiger partial charge on any atom is 0.421 e. The Morgan fingerprint density at radius 2 is 2.11 bits per heavy atom. The fourth-order valence-corrected chi connectivity index (χ4v) is 2.80. The molecule has 0 N–H and O–H groups in total. The number of nitrogens with zero attached hydrogens (tertiary/aromatic N) is 1. The molecule has 2 aromatic rings. The number of rotatable bonds is 5. The molecule has 0 aliphatic carbocycles. The van der Waals surface area contributed by atoms with Crippen molar-refractivity contribution in [2.45, 2.75) is 32.4 Å². The number of oxazole rings is 1. The van der Waals surface area contributed by atoms with Gasteiger partial charge < -0.3 is 9.15 Å². The predicted octanol–water partition coefficient (Wildman–Crippen LogP) is 3.67. The maximum absolute atomic E-state index is 11.8. The molecule has 0 unspecified atom stereocenters. The van der Waals surface area contributed by atoms with Crippen LogP contribution in [0.4, 0.5) is 0 Å². The van der Waals surface area contributed by atoms with Gasteiger partial charge in [0.2, 0.25) is 0 Å². The van der Waals surface area contributed by atoms with Crippen LogP contribution in [-0.2, 0) is 11.5 Å². The molecule has 19 heavy (non-hydrogen) atoms. The van der Waals surface area contributed by atoms with Crippen LogP contribution in [0.25, 0.3) is 11.1 Å². The second-order valence-electron chi connectivity index (χ2n) is 5.76. The van der Waals surface area contributed by atoms with Crippen molar-refractivity contribution in [1.29, 1.82) is 0 Å². The van der Waals surface area contributed by atoms with Gasteiger partial charge in [0.25, 0.3) is 0 Å². The van der Waals surface area contributed by atoms with Crippen molar-refractivity contribution in [2.24, 2.45) is 0 Å². The highest BCUT2D eigenvalue weighted by molar-refractivity contribution is 9.10. The summed E-state index contributed by atoms with van der Waals surface area (Å²) in [6, 6.07) is 6.57. The van der Waals surface area contributed by atoms with E-state index in [2.05, 4.69) is 35.6 Å². The van der Waals surface area contributed by atoms with E-state index < -0.39 is 8.07 Å². The van der Waals surface area contributed by atoms with Gasteiger partial charge in [0.1, 0.15) is 6.73 Å². The Labute approximate surface area is 121 Å². The summed E-state index contributed by atoms with van der Waals surface area (Å²) in [7, 11) is -1.10. The third kappa shape index (κ3) is 3.81. The lowest BCUT2D eigenvalue weighted by Crippen LogP contribution is -2.23. The van der Waals surface area contributed by atoms with Crippen molar-refractivity contribution >= 4 is 35.1 Å². The van der Waals surface area contributed by atoms with E-state index >= 15 is 0 Å². The number of benzene rings is 1. The van der Waals surface area contributed by atoms with Gasteiger partial charge >= 0.3 is 5.76 Å². The van der Waals surface area contributed by atoms with Gasteiger partial charge in [0.15, 0.2) is 5.58 Å². The molecule has 0 saturated carbocycles. The summed E-state index contributed by atoms with van der Waals surface area (Å²) in [5.74, 6) is -0.374. The van der Waals surface area contributed by atoms with E-state index in [1.54, 1.807) is 6.07 Å². The monoisotopic (exact) mass is 343 g/mol. The topological polar surface area (TPSA) is 44.4 Å². The standard InChI is InChI=1S/C13H18BrNO3Si/c1-19(2,3)7-6-17-9-15-11-8-10(14)4-5-12(11)18-13(15)16/h4-5,8H,6-7,9H2,1-3H3. The van der Waals surface area contributed by atoms with Gasteiger partial charge in [0, 0.05) is 19.2 Å². The van der Waals surface area contributed by atoms with Gasteiger partial charge in [-0.25, -0.2) is 9.36 Å². The molecule has 4 nitrogen and oxygen atoms in total. The first-order chi connectivity index (χ1) is 8.87. The average Bonchev–Trinajstić information content (AvgIpc) is 2.59. The molecule has 0 saturated heterocycles. The van der Waals surface area contributed by atoms with Crippen molar-refractivity contribution in [3.05, 3.63) is 33.2 Å². The second-order valence-corrected chi connectivity index (χ2v) is 12.3. The minimum absolute atomic E-state index is 0.243. The molecule has 0 aliphatic rings. The fourth-order valence-electron chi connectivity index (χ4n) is 1.69. The zero-order valence-corrected chi connectivity index (χ0v) is 14.0. The number of fused-ring (bicyclic) bond motifs is 1. The Kier molecular flexibility index (Phi) is 4.32. The zero-order chi connectivity index (χ0) is 14.0. The van der Waals surface area contributed by atoms with Crippen LogP contribution in [0.15, 0.2) is 31.9 Å². The van der Waals surface area contributed by atoms with E-state index in [9.17, 15) is 4.79 Å². The SMILES string of the molecule is C[Si](C)(C)CCOCn1c(=O)oc2ccc(Br)cc21. The molecular formula is C13H18BrNO3Si. The molecule has 1 heterocycles. The number of halogens is 1.